The summed E-state index contributed by atoms with van der Waals surface area (Å²) in [5.41, 5.74) is 3.83. The molecule has 11 heavy (non-hydrogen) atoms. The van der Waals surface area contributed by atoms with E-state index >= 15 is 0 Å². The van der Waals surface area contributed by atoms with Crippen molar-refractivity contribution in [2.24, 2.45) is 0 Å². The Morgan fingerprint density at radius 2 is 2.64 bits per heavy atom. The highest BCUT2D eigenvalue weighted by Crippen LogP contribution is 2.21. The summed E-state index contributed by atoms with van der Waals surface area (Å²) in [6, 6.07) is -0.546. The lowest BCUT2D eigenvalue weighted by molar-refractivity contribution is -0.138. The number of aliphatic carboxylic acids is 1. The first-order chi connectivity index (χ1) is 5.27. The van der Waals surface area contributed by atoms with Crippen molar-refractivity contribution in [3.05, 3.63) is 24.0 Å². The van der Waals surface area contributed by atoms with E-state index in [4.69, 9.17) is 5.11 Å². The van der Waals surface area contributed by atoms with Gasteiger partial charge in [-0.15, -0.1) is 0 Å². The van der Waals surface area contributed by atoms with Crippen LogP contribution in [0.15, 0.2) is 24.0 Å². The van der Waals surface area contributed by atoms with Crippen molar-refractivity contribution in [1.29, 1.82) is 0 Å². The van der Waals surface area contributed by atoms with Crippen LogP contribution in [-0.4, -0.2) is 22.1 Å². The summed E-state index contributed by atoms with van der Waals surface area (Å²) in [6.07, 6.45) is 6.38. The zero-order chi connectivity index (χ0) is 7.84. The summed E-state index contributed by atoms with van der Waals surface area (Å²) in [5, 5.41) is 10.4. The second-order valence-corrected chi connectivity index (χ2v) is 2.56. The molecule has 0 amide bonds. The second kappa shape index (κ2) is 2.10. The summed E-state index contributed by atoms with van der Waals surface area (Å²) in [6.45, 7) is 0. The largest absolute Gasteiger partial charge is 0.480 e. The molecular formula is C7H8N2O2. The fraction of sp³-hybridized carbons (Fsp3) is 0.286. The summed E-state index contributed by atoms with van der Waals surface area (Å²) in [5.74, 6) is -0.833. The van der Waals surface area contributed by atoms with Crippen LogP contribution in [0.1, 0.15) is 6.42 Å². The highest BCUT2D eigenvalue weighted by Gasteiger charge is 2.27. The van der Waals surface area contributed by atoms with Gasteiger partial charge >= 0.3 is 5.97 Å². The van der Waals surface area contributed by atoms with Crippen LogP contribution in [0.3, 0.4) is 0 Å². The van der Waals surface area contributed by atoms with Crippen LogP contribution in [-0.2, 0) is 4.79 Å². The van der Waals surface area contributed by atoms with Crippen molar-refractivity contribution in [3.63, 3.8) is 0 Å². The van der Waals surface area contributed by atoms with Crippen LogP contribution in [0.25, 0.3) is 0 Å². The van der Waals surface area contributed by atoms with Crippen molar-refractivity contribution >= 4 is 5.97 Å². The number of hydrogen-bond acceptors (Lipinski definition) is 3. The van der Waals surface area contributed by atoms with E-state index in [0.717, 1.165) is 12.1 Å². The highest BCUT2D eigenvalue weighted by molar-refractivity contribution is 5.76. The van der Waals surface area contributed by atoms with Gasteiger partial charge in [-0.25, -0.2) is 5.43 Å². The van der Waals surface area contributed by atoms with Gasteiger partial charge in [0, 0.05) is 18.3 Å². The molecule has 2 aliphatic rings. The highest BCUT2D eigenvalue weighted by atomic mass is 16.4. The van der Waals surface area contributed by atoms with Gasteiger partial charge in [0.05, 0.1) is 0 Å². The monoisotopic (exact) mass is 152 g/mol. The number of nitrogens with one attached hydrogen (secondary N) is 1. The molecule has 1 unspecified atom stereocenters. The first-order valence-corrected chi connectivity index (χ1v) is 3.43. The third kappa shape index (κ3) is 0.914. The molecule has 0 aromatic carbocycles. The molecule has 0 spiro atoms. The van der Waals surface area contributed by atoms with Gasteiger partial charge in [0.15, 0.2) is 0 Å². The summed E-state index contributed by atoms with van der Waals surface area (Å²) < 4.78 is 0. The molecule has 4 heteroatoms. The van der Waals surface area contributed by atoms with E-state index < -0.39 is 12.0 Å². The molecule has 58 valence electrons. The zero-order valence-corrected chi connectivity index (χ0v) is 5.82. The quantitative estimate of drug-likeness (QED) is 0.558. The molecule has 4 nitrogen and oxygen atoms in total. The molecular weight excluding hydrogens is 144 g/mol. The van der Waals surface area contributed by atoms with Crippen molar-refractivity contribution in [2.75, 3.05) is 0 Å². The van der Waals surface area contributed by atoms with Gasteiger partial charge in [-0.1, -0.05) is 6.08 Å². The minimum absolute atomic E-state index is 0.546. The van der Waals surface area contributed by atoms with Gasteiger partial charge in [-0.2, -0.15) is 0 Å². The molecule has 2 rings (SSSR count). The van der Waals surface area contributed by atoms with Gasteiger partial charge in [-0.05, 0) is 6.08 Å². The number of rotatable bonds is 1. The number of carboxylic acid groups (broad SMARTS) is 1. The summed E-state index contributed by atoms with van der Waals surface area (Å²) in [7, 11) is 0. The lowest BCUT2D eigenvalue weighted by Crippen LogP contribution is -2.37. The number of carbonyl (C=O) groups is 1. The maximum atomic E-state index is 10.5. The SMILES string of the molecule is O=C(O)C1C=C2CC=CN2N1. The second-order valence-electron chi connectivity index (χ2n) is 2.56. The fourth-order valence-corrected chi connectivity index (χ4v) is 1.25. The van der Waals surface area contributed by atoms with Crippen molar-refractivity contribution < 1.29 is 9.90 Å². The number of hydrogen-bond donors (Lipinski definition) is 2. The van der Waals surface area contributed by atoms with Crippen LogP contribution in [0.4, 0.5) is 0 Å². The maximum Gasteiger partial charge on any atom is 0.326 e. The first kappa shape index (κ1) is 6.42. The smallest absolute Gasteiger partial charge is 0.326 e. The lowest BCUT2D eigenvalue weighted by Gasteiger charge is -2.12. The van der Waals surface area contributed by atoms with E-state index in [1.165, 1.54) is 0 Å². The van der Waals surface area contributed by atoms with Gasteiger partial charge in [0.25, 0.3) is 0 Å². The van der Waals surface area contributed by atoms with Crippen LogP contribution in [0, 0.1) is 0 Å². The van der Waals surface area contributed by atoms with Crippen molar-refractivity contribution in [3.8, 4) is 0 Å². The molecule has 0 aromatic rings. The average Bonchev–Trinajstić information content (AvgIpc) is 2.40. The van der Waals surface area contributed by atoms with Gasteiger partial charge in [-0.3, -0.25) is 9.80 Å². The van der Waals surface area contributed by atoms with E-state index in [1.807, 2.05) is 12.3 Å². The van der Waals surface area contributed by atoms with Crippen LogP contribution in [0.2, 0.25) is 0 Å². The Bertz CT molecular complexity index is 257. The van der Waals surface area contributed by atoms with Crippen LogP contribution < -0.4 is 5.43 Å². The number of nitrogens with zero attached hydrogens (tertiary/aromatic N) is 1. The first-order valence-electron chi connectivity index (χ1n) is 3.43. The Kier molecular flexibility index (Phi) is 1.22. The number of hydrazine groups is 1. The van der Waals surface area contributed by atoms with Crippen LogP contribution >= 0.6 is 0 Å². The predicted octanol–water partition coefficient (Wildman–Crippen LogP) is 0.0611. The molecule has 0 aliphatic carbocycles. The van der Waals surface area contributed by atoms with E-state index in [1.54, 1.807) is 11.1 Å². The topological polar surface area (TPSA) is 52.6 Å². The molecule has 0 aromatic heterocycles. The third-order valence-electron chi connectivity index (χ3n) is 1.79. The molecule has 2 heterocycles. The van der Waals surface area contributed by atoms with Gasteiger partial charge < -0.3 is 5.11 Å². The molecule has 2 aliphatic heterocycles. The van der Waals surface area contributed by atoms with Crippen molar-refractivity contribution in [1.82, 2.24) is 10.4 Å². The normalized spacial score (nSPS) is 27.1. The zero-order valence-electron chi connectivity index (χ0n) is 5.82. The predicted molar refractivity (Wildman–Crippen MR) is 38.2 cm³/mol. The van der Waals surface area contributed by atoms with Crippen LogP contribution in [0.5, 0.6) is 0 Å². The molecule has 2 N–H and O–H groups in total. The van der Waals surface area contributed by atoms with Gasteiger partial charge in [0.1, 0.15) is 6.04 Å². The fourth-order valence-electron chi connectivity index (χ4n) is 1.25. The molecule has 1 atom stereocenters. The Labute approximate surface area is 63.8 Å². The number of fused-ring (bicyclic) bond motifs is 1. The summed E-state index contributed by atoms with van der Waals surface area (Å²) >= 11 is 0. The average molecular weight is 152 g/mol. The molecule has 0 radical (unpaired) electrons. The minimum Gasteiger partial charge on any atom is -0.480 e. The Morgan fingerprint density at radius 3 is 3.27 bits per heavy atom. The minimum atomic E-state index is -0.833. The van der Waals surface area contributed by atoms with E-state index in [0.29, 0.717) is 0 Å². The maximum absolute atomic E-state index is 10.5. The van der Waals surface area contributed by atoms with E-state index in [2.05, 4.69) is 5.43 Å². The number of allylic oxidation sites excluding steroid dienone is 1. The Balaban J connectivity index is 2.16. The molecule has 0 bridgehead atoms. The molecule has 0 saturated carbocycles. The van der Waals surface area contributed by atoms with Crippen molar-refractivity contribution in [2.45, 2.75) is 12.5 Å². The third-order valence-corrected chi connectivity index (χ3v) is 1.79. The van der Waals surface area contributed by atoms with E-state index in [-0.39, 0.29) is 0 Å². The molecule has 0 fully saturated rings. The standard InChI is InChI=1S/C7H8N2O2/c10-7(11)6-4-5-2-1-3-9(5)8-6/h1,3-4,6,8H,2H2,(H,10,11). The van der Waals surface area contributed by atoms with Gasteiger partial charge in [0.2, 0.25) is 0 Å². The summed E-state index contributed by atoms with van der Waals surface area (Å²) in [4.78, 5) is 10.5. The lowest BCUT2D eigenvalue weighted by atomic mass is 10.2. The van der Waals surface area contributed by atoms with E-state index in [9.17, 15) is 4.79 Å². The Hall–Kier alpha value is -1.29. The number of carboxylic acids is 1. The molecule has 0 saturated heterocycles. The Morgan fingerprint density at radius 1 is 1.82 bits per heavy atom.